The van der Waals surface area contributed by atoms with Gasteiger partial charge in [0, 0.05) is 11.6 Å². The van der Waals surface area contributed by atoms with Crippen molar-refractivity contribution in [2.45, 2.75) is 26.9 Å². The van der Waals surface area contributed by atoms with Crippen molar-refractivity contribution in [2.75, 3.05) is 0 Å². The fraction of sp³-hybridized carbons (Fsp3) is 0.167. The zero-order valence-corrected chi connectivity index (χ0v) is 17.5. The molecule has 152 valence electrons. The molecule has 0 bridgehead atoms. The van der Waals surface area contributed by atoms with E-state index in [2.05, 4.69) is 23.4 Å². The highest BCUT2D eigenvalue weighted by Crippen LogP contribution is 2.26. The smallest absolute Gasteiger partial charge is 0.256 e. The van der Waals surface area contributed by atoms with Gasteiger partial charge in [0.05, 0.1) is 29.9 Å². The van der Waals surface area contributed by atoms with Crippen LogP contribution in [0, 0.1) is 13.8 Å². The molecule has 0 spiro atoms. The molecule has 0 fully saturated rings. The lowest BCUT2D eigenvalue weighted by Crippen LogP contribution is -2.30. The van der Waals surface area contributed by atoms with Gasteiger partial charge in [-0.3, -0.25) is 4.79 Å². The Morgan fingerprint density at radius 1 is 1.03 bits per heavy atom. The molecular formula is C24H21ClN2O3. The summed E-state index contributed by atoms with van der Waals surface area (Å²) in [4.78, 5) is 14.9. The minimum Gasteiger partial charge on any atom is -0.467 e. The molecule has 0 aliphatic heterocycles. The zero-order chi connectivity index (χ0) is 21.1. The van der Waals surface area contributed by atoms with Gasteiger partial charge in [0.15, 0.2) is 5.76 Å². The first-order chi connectivity index (χ1) is 14.5. The number of rotatable bonds is 6. The van der Waals surface area contributed by atoms with E-state index in [-0.39, 0.29) is 12.5 Å². The van der Waals surface area contributed by atoms with Crippen molar-refractivity contribution < 1.29 is 13.7 Å². The molecule has 0 saturated heterocycles. The molecule has 0 atom stereocenters. The number of halogens is 1. The van der Waals surface area contributed by atoms with Gasteiger partial charge in [0.25, 0.3) is 5.91 Å². The van der Waals surface area contributed by atoms with Crippen LogP contribution in [0.5, 0.6) is 0 Å². The molecule has 1 amide bonds. The molecule has 0 saturated carbocycles. The topological polar surface area (TPSA) is 59.5 Å². The molecule has 0 aliphatic carbocycles. The van der Waals surface area contributed by atoms with Crippen molar-refractivity contribution in [3.05, 3.63) is 100 Å². The monoisotopic (exact) mass is 420 g/mol. The molecule has 30 heavy (non-hydrogen) atoms. The highest BCUT2D eigenvalue weighted by atomic mass is 35.5. The van der Waals surface area contributed by atoms with E-state index in [1.165, 1.54) is 0 Å². The Kier molecular flexibility index (Phi) is 5.72. The maximum atomic E-state index is 13.2. The molecule has 5 nitrogen and oxygen atoms in total. The van der Waals surface area contributed by atoms with E-state index in [0.717, 1.165) is 16.7 Å². The third-order valence-electron chi connectivity index (χ3n) is 4.89. The van der Waals surface area contributed by atoms with E-state index in [1.807, 2.05) is 26.0 Å². The molecule has 0 N–H and O–H groups in total. The molecular weight excluding hydrogens is 400 g/mol. The molecule has 0 radical (unpaired) electrons. The third-order valence-corrected chi connectivity index (χ3v) is 5.22. The summed E-state index contributed by atoms with van der Waals surface area (Å²) < 4.78 is 11.0. The Bertz CT molecular complexity index is 1160. The predicted molar refractivity (Wildman–Crippen MR) is 115 cm³/mol. The van der Waals surface area contributed by atoms with Crippen LogP contribution in [0.2, 0.25) is 5.02 Å². The number of benzene rings is 2. The highest BCUT2D eigenvalue weighted by Gasteiger charge is 2.22. The van der Waals surface area contributed by atoms with E-state index in [1.54, 1.807) is 41.5 Å². The first-order valence-corrected chi connectivity index (χ1v) is 9.98. The van der Waals surface area contributed by atoms with Crippen LogP contribution < -0.4 is 0 Å². The van der Waals surface area contributed by atoms with Crippen molar-refractivity contribution in [3.8, 4) is 11.3 Å². The Morgan fingerprint density at radius 2 is 1.87 bits per heavy atom. The van der Waals surface area contributed by atoms with Crippen LogP contribution >= 0.6 is 11.6 Å². The second-order valence-corrected chi connectivity index (χ2v) is 7.63. The molecule has 0 unspecified atom stereocenters. The van der Waals surface area contributed by atoms with Crippen LogP contribution in [0.1, 0.15) is 32.9 Å². The lowest BCUT2D eigenvalue weighted by atomic mass is 10.0. The fourth-order valence-electron chi connectivity index (χ4n) is 3.31. The summed E-state index contributed by atoms with van der Waals surface area (Å²) >= 11 is 6.26. The number of furan rings is 1. The largest absolute Gasteiger partial charge is 0.467 e. The van der Waals surface area contributed by atoms with Gasteiger partial charge >= 0.3 is 0 Å². The van der Waals surface area contributed by atoms with Gasteiger partial charge in [0.1, 0.15) is 11.5 Å². The zero-order valence-electron chi connectivity index (χ0n) is 16.8. The number of aryl methyl sites for hydroxylation is 2. The maximum absolute atomic E-state index is 13.2. The molecule has 2 heterocycles. The van der Waals surface area contributed by atoms with Gasteiger partial charge in [-0.25, -0.2) is 0 Å². The lowest BCUT2D eigenvalue weighted by molar-refractivity contribution is 0.0714. The lowest BCUT2D eigenvalue weighted by Gasteiger charge is -2.21. The summed E-state index contributed by atoms with van der Waals surface area (Å²) in [6.45, 7) is 4.62. The summed E-state index contributed by atoms with van der Waals surface area (Å²) in [5.41, 5.74) is 4.32. The average molecular weight is 421 g/mol. The van der Waals surface area contributed by atoms with E-state index in [0.29, 0.717) is 34.3 Å². The van der Waals surface area contributed by atoms with Crippen LogP contribution in [0.4, 0.5) is 0 Å². The second-order valence-electron chi connectivity index (χ2n) is 7.22. The van der Waals surface area contributed by atoms with Crippen molar-refractivity contribution in [1.82, 2.24) is 10.1 Å². The maximum Gasteiger partial charge on any atom is 0.256 e. The fourth-order valence-corrected chi connectivity index (χ4v) is 3.52. The first kappa shape index (κ1) is 20.0. The molecule has 2 aromatic heterocycles. The van der Waals surface area contributed by atoms with Gasteiger partial charge in [-0.1, -0.05) is 46.6 Å². The van der Waals surface area contributed by atoms with Crippen molar-refractivity contribution in [2.24, 2.45) is 0 Å². The summed E-state index contributed by atoms with van der Waals surface area (Å²) in [5.74, 6) is 1.15. The Hall–Kier alpha value is -3.31. The quantitative estimate of drug-likeness (QED) is 0.381. The number of carbonyl (C=O) groups is 1. The van der Waals surface area contributed by atoms with Crippen LogP contribution in [-0.2, 0) is 13.1 Å². The number of hydrogen-bond donors (Lipinski definition) is 0. The van der Waals surface area contributed by atoms with Crippen LogP contribution in [0.3, 0.4) is 0 Å². The van der Waals surface area contributed by atoms with E-state index in [4.69, 9.17) is 20.5 Å². The highest BCUT2D eigenvalue weighted by molar-refractivity contribution is 6.33. The number of carbonyl (C=O) groups excluding carboxylic acids is 1. The van der Waals surface area contributed by atoms with Crippen molar-refractivity contribution in [3.63, 3.8) is 0 Å². The molecule has 6 heteroatoms. The molecule has 4 aromatic rings. The molecule has 4 rings (SSSR count). The van der Waals surface area contributed by atoms with Crippen LogP contribution in [-0.4, -0.2) is 16.0 Å². The Labute approximate surface area is 179 Å². The van der Waals surface area contributed by atoms with Gasteiger partial charge in [-0.2, -0.15) is 0 Å². The number of amides is 1. The van der Waals surface area contributed by atoms with Crippen molar-refractivity contribution in [1.29, 1.82) is 0 Å². The standard InChI is InChI=1S/C24H21ClN2O3/c1-16-9-10-17(2)21(12-16)23-13-18(26-30-23)14-27(15-19-6-5-11-29-19)24(28)20-7-3-4-8-22(20)25/h3-13H,14-15H2,1-2H3. The summed E-state index contributed by atoms with van der Waals surface area (Å²) in [7, 11) is 0. The Balaban J connectivity index is 1.62. The second kappa shape index (κ2) is 8.59. The van der Waals surface area contributed by atoms with Gasteiger partial charge < -0.3 is 13.8 Å². The number of nitrogens with zero attached hydrogens (tertiary/aromatic N) is 2. The van der Waals surface area contributed by atoms with Crippen LogP contribution in [0.15, 0.2) is 75.9 Å². The van der Waals surface area contributed by atoms with Crippen molar-refractivity contribution >= 4 is 17.5 Å². The summed E-state index contributed by atoms with van der Waals surface area (Å²) in [6, 6.07) is 18.7. The summed E-state index contributed by atoms with van der Waals surface area (Å²) in [5, 5.41) is 4.60. The van der Waals surface area contributed by atoms with Gasteiger partial charge in [0.2, 0.25) is 0 Å². The van der Waals surface area contributed by atoms with E-state index < -0.39 is 0 Å². The molecule has 0 aliphatic rings. The predicted octanol–water partition coefficient (Wildman–Crippen LogP) is 6.05. The summed E-state index contributed by atoms with van der Waals surface area (Å²) in [6.07, 6.45) is 1.59. The average Bonchev–Trinajstić information content (AvgIpc) is 3.41. The van der Waals surface area contributed by atoms with Gasteiger partial charge in [-0.15, -0.1) is 0 Å². The normalized spacial score (nSPS) is 10.9. The number of aromatic nitrogens is 1. The molecule has 2 aromatic carbocycles. The first-order valence-electron chi connectivity index (χ1n) is 9.60. The third kappa shape index (κ3) is 4.31. The van der Waals surface area contributed by atoms with Crippen LogP contribution in [0.25, 0.3) is 11.3 Å². The Morgan fingerprint density at radius 3 is 2.63 bits per heavy atom. The minimum atomic E-state index is -0.201. The minimum absolute atomic E-state index is 0.201. The number of hydrogen-bond acceptors (Lipinski definition) is 4. The SMILES string of the molecule is Cc1ccc(C)c(-c2cc(CN(Cc3ccco3)C(=O)c3ccccc3Cl)no2)c1. The van der Waals surface area contributed by atoms with Gasteiger partial charge in [-0.05, 0) is 49.7 Å². The van der Waals surface area contributed by atoms with E-state index >= 15 is 0 Å². The van der Waals surface area contributed by atoms with E-state index in [9.17, 15) is 4.79 Å².